The molecule has 29 heavy (non-hydrogen) atoms. The molecule has 0 aliphatic heterocycles. The van der Waals surface area contributed by atoms with E-state index in [-0.39, 0.29) is 5.56 Å². The van der Waals surface area contributed by atoms with Gasteiger partial charge in [-0.2, -0.15) is 0 Å². The fraction of sp³-hybridized carbons (Fsp3) is 0.120. The molecule has 1 aromatic heterocycles. The fourth-order valence-corrected chi connectivity index (χ4v) is 3.26. The molecule has 0 saturated carbocycles. The van der Waals surface area contributed by atoms with E-state index in [1.165, 1.54) is 11.6 Å². The molecule has 0 atom stereocenters. The van der Waals surface area contributed by atoms with Gasteiger partial charge in [0.1, 0.15) is 18.2 Å². The first kappa shape index (κ1) is 18.7. The van der Waals surface area contributed by atoms with Crippen LogP contribution in [0.3, 0.4) is 0 Å². The number of rotatable bonds is 7. The Morgan fingerprint density at radius 3 is 2.17 bits per heavy atom. The summed E-state index contributed by atoms with van der Waals surface area (Å²) in [6, 6.07) is 29.4. The maximum absolute atomic E-state index is 12.6. The molecule has 0 aliphatic carbocycles. The smallest absolute Gasteiger partial charge is 0.253 e. The molecule has 3 aromatic carbocycles. The predicted molar refractivity (Wildman–Crippen MR) is 115 cm³/mol. The topological polar surface area (TPSA) is 44.1 Å². The molecule has 4 aromatic rings. The van der Waals surface area contributed by atoms with Gasteiger partial charge in [-0.15, -0.1) is 0 Å². The molecule has 0 bridgehead atoms. The van der Waals surface area contributed by atoms with E-state index >= 15 is 0 Å². The number of nitrogens with zero attached hydrogens (tertiary/aromatic N) is 2. The Labute approximate surface area is 170 Å². The van der Waals surface area contributed by atoms with Crippen molar-refractivity contribution in [2.75, 3.05) is 0 Å². The molecule has 0 saturated heterocycles. The van der Waals surface area contributed by atoms with Crippen LogP contribution in [-0.2, 0) is 19.6 Å². The van der Waals surface area contributed by atoms with Gasteiger partial charge in [-0.25, -0.2) is 4.98 Å². The summed E-state index contributed by atoms with van der Waals surface area (Å²) >= 11 is 0. The van der Waals surface area contributed by atoms with Gasteiger partial charge in [0.15, 0.2) is 0 Å². The standard InChI is InChI=1S/C25H22N2O2/c28-24-15-17-26-25(27(24)18-16-20-9-3-1-4-10-20)22-13-7-8-14-23(22)29-19-21-11-5-2-6-12-21/h1-15,17H,16,18-19H2. The highest BCUT2D eigenvalue weighted by Gasteiger charge is 2.13. The number of hydrogen-bond donors (Lipinski definition) is 0. The van der Waals surface area contributed by atoms with Crippen LogP contribution in [0.2, 0.25) is 0 Å². The zero-order chi connectivity index (χ0) is 19.9. The van der Waals surface area contributed by atoms with Crippen LogP contribution in [0.5, 0.6) is 5.75 Å². The van der Waals surface area contributed by atoms with E-state index in [0.717, 1.165) is 17.5 Å². The summed E-state index contributed by atoms with van der Waals surface area (Å²) in [6.07, 6.45) is 2.32. The van der Waals surface area contributed by atoms with Gasteiger partial charge in [0.2, 0.25) is 0 Å². The maximum Gasteiger partial charge on any atom is 0.253 e. The molecule has 0 spiro atoms. The van der Waals surface area contributed by atoms with Gasteiger partial charge in [0, 0.05) is 18.8 Å². The normalized spacial score (nSPS) is 10.6. The van der Waals surface area contributed by atoms with Crippen molar-refractivity contribution >= 4 is 0 Å². The Balaban J connectivity index is 1.63. The average molecular weight is 382 g/mol. The second-order valence-electron chi connectivity index (χ2n) is 6.76. The van der Waals surface area contributed by atoms with Gasteiger partial charge >= 0.3 is 0 Å². The third-order valence-corrected chi connectivity index (χ3v) is 4.77. The summed E-state index contributed by atoms with van der Waals surface area (Å²) < 4.78 is 7.80. The van der Waals surface area contributed by atoms with E-state index in [4.69, 9.17) is 4.74 Å². The van der Waals surface area contributed by atoms with E-state index in [1.54, 1.807) is 10.8 Å². The van der Waals surface area contributed by atoms with Crippen molar-refractivity contribution in [2.24, 2.45) is 0 Å². The number of benzene rings is 3. The van der Waals surface area contributed by atoms with Crippen molar-refractivity contribution in [3.8, 4) is 17.1 Å². The van der Waals surface area contributed by atoms with Crippen LogP contribution in [0.25, 0.3) is 11.4 Å². The van der Waals surface area contributed by atoms with Gasteiger partial charge < -0.3 is 4.74 Å². The van der Waals surface area contributed by atoms with Crippen LogP contribution >= 0.6 is 0 Å². The lowest BCUT2D eigenvalue weighted by molar-refractivity contribution is 0.307. The molecule has 144 valence electrons. The first-order valence-corrected chi connectivity index (χ1v) is 9.67. The third kappa shape index (κ3) is 4.61. The maximum atomic E-state index is 12.6. The summed E-state index contributed by atoms with van der Waals surface area (Å²) in [7, 11) is 0. The van der Waals surface area contributed by atoms with Crippen LogP contribution in [-0.4, -0.2) is 9.55 Å². The van der Waals surface area contributed by atoms with E-state index in [9.17, 15) is 4.79 Å². The van der Waals surface area contributed by atoms with Gasteiger partial charge in [-0.05, 0) is 29.7 Å². The molecule has 4 heteroatoms. The molecule has 1 heterocycles. The molecule has 0 amide bonds. The highest BCUT2D eigenvalue weighted by atomic mass is 16.5. The van der Waals surface area contributed by atoms with Crippen molar-refractivity contribution in [3.63, 3.8) is 0 Å². The molecular formula is C25H22N2O2. The van der Waals surface area contributed by atoms with Gasteiger partial charge in [0.25, 0.3) is 5.56 Å². The molecule has 0 N–H and O–H groups in total. The van der Waals surface area contributed by atoms with E-state index in [0.29, 0.717) is 24.7 Å². The summed E-state index contributed by atoms with van der Waals surface area (Å²) in [4.78, 5) is 17.1. The third-order valence-electron chi connectivity index (χ3n) is 4.77. The SMILES string of the molecule is O=c1ccnc(-c2ccccc2OCc2ccccc2)n1CCc1ccccc1. The predicted octanol–water partition coefficient (Wildman–Crippen LogP) is 4.73. The second-order valence-corrected chi connectivity index (χ2v) is 6.76. The van der Waals surface area contributed by atoms with Crippen molar-refractivity contribution in [3.05, 3.63) is 119 Å². The minimum absolute atomic E-state index is 0.0659. The van der Waals surface area contributed by atoms with Crippen LogP contribution in [0, 0.1) is 0 Å². The van der Waals surface area contributed by atoms with Crippen LogP contribution in [0.15, 0.2) is 102 Å². The molecule has 4 nitrogen and oxygen atoms in total. The lowest BCUT2D eigenvalue weighted by atomic mass is 10.1. The van der Waals surface area contributed by atoms with Gasteiger partial charge in [-0.3, -0.25) is 9.36 Å². The quantitative estimate of drug-likeness (QED) is 0.464. The number of aromatic nitrogens is 2. The van der Waals surface area contributed by atoms with E-state index in [1.807, 2.05) is 72.8 Å². The number of ether oxygens (including phenoxy) is 1. The largest absolute Gasteiger partial charge is 0.488 e. The summed E-state index contributed by atoms with van der Waals surface area (Å²) in [6.45, 7) is 1.01. The molecule has 4 rings (SSSR count). The Hall–Kier alpha value is -3.66. The molecule has 0 unspecified atom stereocenters. The Morgan fingerprint density at radius 2 is 1.41 bits per heavy atom. The lowest BCUT2D eigenvalue weighted by Crippen LogP contribution is -2.23. The first-order valence-electron chi connectivity index (χ1n) is 9.67. The van der Waals surface area contributed by atoms with Crippen molar-refractivity contribution in [2.45, 2.75) is 19.6 Å². The number of hydrogen-bond acceptors (Lipinski definition) is 3. The van der Waals surface area contributed by atoms with Crippen LogP contribution in [0.4, 0.5) is 0 Å². The number of para-hydroxylation sites is 1. The van der Waals surface area contributed by atoms with Crippen LogP contribution < -0.4 is 10.3 Å². The first-order chi connectivity index (χ1) is 14.3. The Morgan fingerprint density at radius 1 is 0.759 bits per heavy atom. The zero-order valence-corrected chi connectivity index (χ0v) is 16.1. The molecule has 0 aliphatic rings. The second kappa shape index (κ2) is 9.02. The van der Waals surface area contributed by atoms with Crippen molar-refractivity contribution < 1.29 is 4.74 Å². The van der Waals surface area contributed by atoms with Crippen LogP contribution in [0.1, 0.15) is 11.1 Å². The van der Waals surface area contributed by atoms with E-state index < -0.39 is 0 Å². The molecular weight excluding hydrogens is 360 g/mol. The highest BCUT2D eigenvalue weighted by Crippen LogP contribution is 2.28. The van der Waals surface area contributed by atoms with Crippen molar-refractivity contribution in [1.82, 2.24) is 9.55 Å². The minimum Gasteiger partial charge on any atom is -0.488 e. The summed E-state index contributed by atoms with van der Waals surface area (Å²) in [5.41, 5.74) is 3.02. The number of aryl methyl sites for hydroxylation is 1. The molecule has 0 radical (unpaired) electrons. The Kier molecular flexibility index (Phi) is 5.81. The highest BCUT2D eigenvalue weighted by molar-refractivity contribution is 5.64. The van der Waals surface area contributed by atoms with Gasteiger partial charge in [0.05, 0.1) is 5.56 Å². The zero-order valence-electron chi connectivity index (χ0n) is 16.1. The fourth-order valence-electron chi connectivity index (χ4n) is 3.26. The van der Waals surface area contributed by atoms with E-state index in [2.05, 4.69) is 17.1 Å². The minimum atomic E-state index is -0.0659. The van der Waals surface area contributed by atoms with Gasteiger partial charge in [-0.1, -0.05) is 72.8 Å². The molecule has 0 fully saturated rings. The average Bonchev–Trinajstić information content (AvgIpc) is 2.78. The lowest BCUT2D eigenvalue weighted by Gasteiger charge is -2.15. The Bertz CT molecular complexity index is 1120. The van der Waals surface area contributed by atoms with Crippen molar-refractivity contribution in [1.29, 1.82) is 0 Å². The summed E-state index contributed by atoms with van der Waals surface area (Å²) in [5.74, 6) is 1.33. The monoisotopic (exact) mass is 382 g/mol. The summed E-state index contributed by atoms with van der Waals surface area (Å²) in [5, 5.41) is 0.